The minimum atomic E-state index is -0.0943. The van der Waals surface area contributed by atoms with Crippen LogP contribution in [-0.2, 0) is 17.6 Å². The molecule has 1 aliphatic carbocycles. The van der Waals surface area contributed by atoms with E-state index in [9.17, 15) is 4.79 Å². The van der Waals surface area contributed by atoms with Gasteiger partial charge in [-0.25, -0.2) is 9.97 Å². The predicted molar refractivity (Wildman–Crippen MR) is 133 cm³/mol. The number of carbonyl (C=O) groups excluding carboxylic acids is 1. The molecule has 0 bridgehead atoms. The van der Waals surface area contributed by atoms with E-state index >= 15 is 0 Å². The molecule has 3 rings (SSSR count). The Morgan fingerprint density at radius 2 is 1.82 bits per heavy atom. The number of likely N-dealkylation sites (N-methyl/N-ethyl adjacent to an activating group) is 2. The summed E-state index contributed by atoms with van der Waals surface area (Å²) < 4.78 is 6.07. The van der Waals surface area contributed by atoms with E-state index in [4.69, 9.17) is 14.7 Å². The molecule has 0 N–H and O–H groups in total. The van der Waals surface area contributed by atoms with Gasteiger partial charge in [0.2, 0.25) is 0 Å². The molecule has 0 aliphatic heterocycles. The summed E-state index contributed by atoms with van der Waals surface area (Å²) in [6.07, 6.45) is 5.20. The van der Waals surface area contributed by atoms with Gasteiger partial charge in [-0.15, -0.1) is 0 Å². The fourth-order valence-electron chi connectivity index (χ4n) is 3.84. The van der Waals surface area contributed by atoms with Gasteiger partial charge in [-0.05, 0) is 58.7 Å². The molecule has 0 saturated heterocycles. The van der Waals surface area contributed by atoms with Crippen LogP contribution in [0.2, 0.25) is 0 Å². The summed E-state index contributed by atoms with van der Waals surface area (Å²) in [5.74, 6) is 2.39. The molecule has 0 saturated carbocycles. The van der Waals surface area contributed by atoms with Crippen molar-refractivity contribution in [1.82, 2.24) is 19.9 Å². The number of nitrogens with zero attached hydrogens (tertiary/aromatic N) is 5. The zero-order valence-electron chi connectivity index (χ0n) is 21.5. The molecule has 1 aliphatic rings. The molecule has 0 atom stereocenters. The second-order valence-corrected chi connectivity index (χ2v) is 11.2. The highest BCUT2D eigenvalue weighted by Crippen LogP contribution is 2.31. The lowest BCUT2D eigenvalue weighted by atomic mass is 9.90. The van der Waals surface area contributed by atoms with Crippen LogP contribution in [0.25, 0.3) is 11.5 Å². The molecule has 2 heterocycles. The van der Waals surface area contributed by atoms with Gasteiger partial charge >= 0.3 is 0 Å². The van der Waals surface area contributed by atoms with Gasteiger partial charge < -0.3 is 14.5 Å². The highest BCUT2D eigenvalue weighted by molar-refractivity contribution is 5.84. The van der Waals surface area contributed by atoms with Crippen LogP contribution < -0.4 is 9.64 Å². The normalized spacial score (nSPS) is 13.8. The average Bonchev–Trinajstić information content (AvgIpc) is 3.19. The first kappa shape index (κ1) is 25.1. The van der Waals surface area contributed by atoms with Crippen LogP contribution in [0.4, 0.5) is 5.82 Å². The molecule has 0 spiro atoms. The summed E-state index contributed by atoms with van der Waals surface area (Å²) in [4.78, 5) is 31.0. The molecule has 7 nitrogen and oxygen atoms in total. The highest BCUT2D eigenvalue weighted by atomic mass is 16.5. The van der Waals surface area contributed by atoms with Crippen molar-refractivity contribution in [3.05, 3.63) is 29.6 Å². The lowest BCUT2D eigenvalue weighted by molar-refractivity contribution is -0.119. The summed E-state index contributed by atoms with van der Waals surface area (Å²) in [6, 6.07) is 3.76. The maximum Gasteiger partial charge on any atom is 0.180 e. The summed E-state index contributed by atoms with van der Waals surface area (Å²) in [5, 5.41) is 0. The number of hydrogen-bond donors (Lipinski definition) is 0. The van der Waals surface area contributed by atoms with Crippen molar-refractivity contribution in [2.24, 2.45) is 5.41 Å². The molecule has 0 radical (unpaired) electrons. The van der Waals surface area contributed by atoms with Gasteiger partial charge in [0.1, 0.15) is 23.9 Å². The number of carbonyl (C=O) groups is 1. The first-order valence-electron chi connectivity index (χ1n) is 11.7. The van der Waals surface area contributed by atoms with Crippen LogP contribution in [0, 0.1) is 5.41 Å². The van der Waals surface area contributed by atoms with Gasteiger partial charge in [0.25, 0.3) is 0 Å². The van der Waals surface area contributed by atoms with Gasteiger partial charge in [-0.3, -0.25) is 9.78 Å². The van der Waals surface area contributed by atoms with Crippen molar-refractivity contribution < 1.29 is 9.53 Å². The van der Waals surface area contributed by atoms with Gasteiger partial charge in [-0.2, -0.15) is 0 Å². The molecule has 2 aromatic rings. The van der Waals surface area contributed by atoms with Crippen LogP contribution in [0.5, 0.6) is 5.75 Å². The van der Waals surface area contributed by atoms with E-state index in [1.54, 1.807) is 6.20 Å². The fraction of sp³-hybridized carbons (Fsp3) is 0.615. The minimum absolute atomic E-state index is 0.0256. The van der Waals surface area contributed by atoms with Crippen LogP contribution in [0.1, 0.15) is 58.7 Å². The molecule has 180 valence electrons. The number of fused-ring (bicyclic) bond motifs is 1. The third-order valence-electron chi connectivity index (χ3n) is 6.18. The Kier molecular flexibility index (Phi) is 7.42. The summed E-state index contributed by atoms with van der Waals surface area (Å²) in [5.41, 5.74) is 2.78. The van der Waals surface area contributed by atoms with Crippen molar-refractivity contribution in [3.8, 4) is 17.3 Å². The van der Waals surface area contributed by atoms with Gasteiger partial charge in [-0.1, -0.05) is 20.8 Å². The quantitative estimate of drug-likeness (QED) is 0.564. The number of pyridine rings is 1. The molecule has 0 unspecified atom stereocenters. The van der Waals surface area contributed by atoms with E-state index in [1.165, 1.54) is 0 Å². The van der Waals surface area contributed by atoms with Gasteiger partial charge in [0, 0.05) is 42.5 Å². The van der Waals surface area contributed by atoms with Crippen LogP contribution in [0.3, 0.4) is 0 Å². The Morgan fingerprint density at radius 1 is 1.09 bits per heavy atom. The minimum Gasteiger partial charge on any atom is -0.492 e. The second kappa shape index (κ2) is 9.75. The number of ether oxygens (including phenoxy) is 1. The number of aromatic nitrogens is 3. The number of rotatable bonds is 9. The first-order chi connectivity index (χ1) is 15.4. The molecular formula is C26H39N5O2. The molecule has 0 amide bonds. The Morgan fingerprint density at radius 3 is 2.48 bits per heavy atom. The summed E-state index contributed by atoms with van der Waals surface area (Å²) >= 11 is 0. The topological polar surface area (TPSA) is 71.5 Å². The molecule has 7 heteroatoms. The summed E-state index contributed by atoms with van der Waals surface area (Å²) in [6.45, 7) is 11.4. The van der Waals surface area contributed by atoms with E-state index in [1.807, 2.05) is 38.2 Å². The number of hydrogen-bond acceptors (Lipinski definition) is 7. The molecule has 0 fully saturated rings. The summed E-state index contributed by atoms with van der Waals surface area (Å²) in [7, 11) is 6.04. The lowest BCUT2D eigenvalue weighted by Gasteiger charge is -2.32. The van der Waals surface area contributed by atoms with Crippen LogP contribution in [0.15, 0.2) is 18.3 Å². The Labute approximate surface area is 198 Å². The highest BCUT2D eigenvalue weighted by Gasteiger charge is 2.25. The zero-order chi connectivity index (χ0) is 24.4. The van der Waals surface area contributed by atoms with Crippen molar-refractivity contribution in [2.45, 2.75) is 65.8 Å². The van der Waals surface area contributed by atoms with Crippen molar-refractivity contribution in [1.29, 1.82) is 0 Å². The second-order valence-electron chi connectivity index (χ2n) is 11.2. The Bertz CT molecular complexity index is 995. The maximum atomic E-state index is 12.6. The Hall–Kier alpha value is -2.54. The maximum absolute atomic E-state index is 12.6. The van der Waals surface area contributed by atoms with Crippen LogP contribution >= 0.6 is 0 Å². The monoisotopic (exact) mass is 453 g/mol. The Balaban J connectivity index is 1.86. The van der Waals surface area contributed by atoms with Crippen molar-refractivity contribution in [3.63, 3.8) is 0 Å². The fourth-order valence-corrected chi connectivity index (χ4v) is 3.84. The molecular weight excluding hydrogens is 414 g/mol. The standard InChI is InChI=1S/C26H39N5O2/c1-25(2,3)15-18(32)16-31(8)24-20-10-9-11-21(20)28-23(29-24)22-14-19(12-13-27-22)33-17-26(4,5)30(6)7/h12-14H,9-11,15-17H2,1-8H3. The number of ketones is 1. The van der Waals surface area contributed by atoms with E-state index in [0.717, 1.165) is 42.1 Å². The molecule has 0 aromatic carbocycles. The largest absolute Gasteiger partial charge is 0.492 e. The van der Waals surface area contributed by atoms with Crippen LogP contribution in [-0.4, -0.2) is 65.5 Å². The number of anilines is 1. The van der Waals surface area contributed by atoms with E-state index in [-0.39, 0.29) is 16.7 Å². The zero-order valence-corrected chi connectivity index (χ0v) is 21.5. The third-order valence-corrected chi connectivity index (χ3v) is 6.18. The van der Waals surface area contributed by atoms with Gasteiger partial charge in [0.05, 0.1) is 6.54 Å². The lowest BCUT2D eigenvalue weighted by Crippen LogP contribution is -2.43. The first-order valence-corrected chi connectivity index (χ1v) is 11.7. The van der Waals surface area contributed by atoms with E-state index in [2.05, 4.69) is 44.5 Å². The number of Topliss-reactive ketones (excluding diaryl/α,β-unsaturated/α-hetero) is 1. The molecule has 33 heavy (non-hydrogen) atoms. The van der Waals surface area contributed by atoms with E-state index in [0.29, 0.717) is 31.1 Å². The SMILES string of the molecule is CN(CC(=O)CC(C)(C)C)c1nc(-c2cc(OCC(C)(C)N(C)C)ccn2)nc2c1CCC2. The van der Waals surface area contributed by atoms with E-state index < -0.39 is 0 Å². The average molecular weight is 454 g/mol. The molecule has 2 aromatic heterocycles. The number of aryl methyl sites for hydroxylation is 1. The third kappa shape index (κ3) is 6.50. The smallest absolute Gasteiger partial charge is 0.180 e. The van der Waals surface area contributed by atoms with Crippen molar-refractivity contribution in [2.75, 3.05) is 39.2 Å². The van der Waals surface area contributed by atoms with Gasteiger partial charge in [0.15, 0.2) is 11.6 Å². The predicted octanol–water partition coefficient (Wildman–Crippen LogP) is 4.19. The van der Waals surface area contributed by atoms with Crippen molar-refractivity contribution >= 4 is 11.6 Å².